The first-order valence-electron chi connectivity index (χ1n) is 6.71. The average Bonchev–Trinajstić information content (AvgIpc) is 2.41. The minimum absolute atomic E-state index is 0.0588. The van der Waals surface area contributed by atoms with Crippen molar-refractivity contribution in [2.45, 2.75) is 50.7 Å². The molecule has 0 aromatic rings. The molecule has 2 N–H and O–H groups in total. The third-order valence-electron chi connectivity index (χ3n) is 3.77. The van der Waals surface area contributed by atoms with Crippen LogP contribution in [0.4, 0.5) is 0 Å². The Morgan fingerprint density at radius 2 is 2.17 bits per heavy atom. The lowest BCUT2D eigenvalue weighted by atomic mass is 9.93. The van der Waals surface area contributed by atoms with Crippen LogP contribution in [0.25, 0.3) is 0 Å². The number of ether oxygens (including phenoxy) is 1. The van der Waals surface area contributed by atoms with E-state index in [0.717, 1.165) is 32.1 Å². The number of nitrogens with one attached hydrogen (secondary N) is 1. The second-order valence-electron chi connectivity index (χ2n) is 5.00. The SMILES string of the molecule is COCCC1NC=C(O)C(=O)N1C1CCCCC1. The number of methoxy groups -OCH3 is 1. The molecular formula is C13H22N2O3. The molecule has 1 atom stereocenters. The van der Waals surface area contributed by atoms with Crippen LogP contribution < -0.4 is 5.32 Å². The maximum absolute atomic E-state index is 12.1. The van der Waals surface area contributed by atoms with E-state index < -0.39 is 0 Å². The standard InChI is InChI=1S/C13H22N2O3/c1-18-8-7-12-14-9-11(16)13(17)15(12)10-5-3-2-4-6-10/h9-10,12,14,16H,2-8H2,1H3. The molecular weight excluding hydrogens is 232 g/mol. The first-order chi connectivity index (χ1) is 8.74. The molecule has 5 nitrogen and oxygen atoms in total. The van der Waals surface area contributed by atoms with Crippen LogP contribution in [0.2, 0.25) is 0 Å². The third-order valence-corrected chi connectivity index (χ3v) is 3.77. The lowest BCUT2D eigenvalue weighted by molar-refractivity contribution is -0.138. The fourth-order valence-electron chi connectivity index (χ4n) is 2.82. The maximum Gasteiger partial charge on any atom is 0.292 e. The zero-order chi connectivity index (χ0) is 13.0. The largest absolute Gasteiger partial charge is 0.502 e. The summed E-state index contributed by atoms with van der Waals surface area (Å²) in [7, 11) is 1.66. The zero-order valence-electron chi connectivity index (χ0n) is 10.9. The monoisotopic (exact) mass is 254 g/mol. The fraction of sp³-hybridized carbons (Fsp3) is 0.769. The van der Waals surface area contributed by atoms with E-state index in [-0.39, 0.29) is 23.9 Å². The Morgan fingerprint density at radius 1 is 1.44 bits per heavy atom. The summed E-state index contributed by atoms with van der Waals surface area (Å²) in [6, 6.07) is 0.247. The van der Waals surface area contributed by atoms with Gasteiger partial charge in [0, 0.05) is 32.4 Å². The molecule has 0 spiro atoms. The molecule has 5 heteroatoms. The molecule has 2 aliphatic rings. The highest BCUT2D eigenvalue weighted by molar-refractivity contribution is 5.92. The molecule has 1 amide bonds. The topological polar surface area (TPSA) is 61.8 Å². The number of nitrogens with zero attached hydrogens (tertiary/aromatic N) is 1. The molecule has 1 fully saturated rings. The van der Waals surface area contributed by atoms with Crippen molar-refractivity contribution in [2.75, 3.05) is 13.7 Å². The van der Waals surface area contributed by atoms with Gasteiger partial charge in [0.05, 0.1) is 0 Å². The van der Waals surface area contributed by atoms with Gasteiger partial charge < -0.3 is 20.1 Å². The smallest absolute Gasteiger partial charge is 0.292 e. The van der Waals surface area contributed by atoms with E-state index in [4.69, 9.17) is 4.74 Å². The van der Waals surface area contributed by atoms with Gasteiger partial charge in [-0.05, 0) is 12.8 Å². The van der Waals surface area contributed by atoms with Crippen LogP contribution in [-0.4, -0.2) is 41.8 Å². The maximum atomic E-state index is 12.1. The van der Waals surface area contributed by atoms with Gasteiger partial charge in [0.2, 0.25) is 0 Å². The molecule has 1 unspecified atom stereocenters. The van der Waals surface area contributed by atoms with Gasteiger partial charge in [-0.3, -0.25) is 4.79 Å². The average molecular weight is 254 g/mol. The molecule has 1 aliphatic heterocycles. The van der Waals surface area contributed by atoms with Crippen LogP contribution >= 0.6 is 0 Å². The van der Waals surface area contributed by atoms with Gasteiger partial charge in [-0.2, -0.15) is 0 Å². The number of carbonyl (C=O) groups excluding carboxylic acids is 1. The molecule has 2 rings (SSSR count). The first-order valence-corrected chi connectivity index (χ1v) is 6.71. The quantitative estimate of drug-likeness (QED) is 0.798. The highest BCUT2D eigenvalue weighted by Crippen LogP contribution is 2.26. The Kier molecular flexibility index (Phi) is 4.47. The fourth-order valence-corrected chi connectivity index (χ4v) is 2.82. The van der Waals surface area contributed by atoms with Crippen LogP contribution in [0.1, 0.15) is 38.5 Å². The molecule has 18 heavy (non-hydrogen) atoms. The van der Waals surface area contributed by atoms with Gasteiger partial charge in [0.25, 0.3) is 5.91 Å². The van der Waals surface area contributed by atoms with Crippen molar-refractivity contribution in [1.29, 1.82) is 0 Å². The van der Waals surface area contributed by atoms with Crippen LogP contribution in [0.5, 0.6) is 0 Å². The van der Waals surface area contributed by atoms with Crippen molar-refractivity contribution in [3.63, 3.8) is 0 Å². The number of hydrogen-bond donors (Lipinski definition) is 2. The number of hydrogen-bond acceptors (Lipinski definition) is 4. The molecule has 0 bridgehead atoms. The van der Waals surface area contributed by atoms with E-state index >= 15 is 0 Å². The summed E-state index contributed by atoms with van der Waals surface area (Å²) < 4.78 is 5.08. The van der Waals surface area contributed by atoms with Gasteiger partial charge >= 0.3 is 0 Å². The zero-order valence-corrected chi connectivity index (χ0v) is 10.9. The number of amides is 1. The first kappa shape index (κ1) is 13.2. The summed E-state index contributed by atoms with van der Waals surface area (Å²) in [6.07, 6.45) is 7.72. The molecule has 1 aliphatic carbocycles. The summed E-state index contributed by atoms with van der Waals surface area (Å²) >= 11 is 0. The van der Waals surface area contributed by atoms with E-state index in [2.05, 4.69) is 5.32 Å². The van der Waals surface area contributed by atoms with Crippen molar-refractivity contribution >= 4 is 5.91 Å². The van der Waals surface area contributed by atoms with E-state index in [9.17, 15) is 9.90 Å². The Bertz CT molecular complexity index is 324. The highest BCUT2D eigenvalue weighted by atomic mass is 16.5. The molecule has 0 aromatic carbocycles. The Labute approximate surface area is 108 Å². The van der Waals surface area contributed by atoms with E-state index in [1.165, 1.54) is 12.6 Å². The summed E-state index contributed by atoms with van der Waals surface area (Å²) in [4.78, 5) is 13.9. The summed E-state index contributed by atoms with van der Waals surface area (Å²) in [5.41, 5.74) is 0. The van der Waals surface area contributed by atoms with Gasteiger partial charge in [0.15, 0.2) is 5.76 Å². The third kappa shape index (κ3) is 2.77. The number of aliphatic hydroxyl groups is 1. The normalized spacial score (nSPS) is 25.8. The summed E-state index contributed by atoms with van der Waals surface area (Å²) in [5, 5.41) is 12.7. The van der Waals surface area contributed by atoms with Crippen LogP contribution in [0.15, 0.2) is 12.0 Å². The van der Waals surface area contributed by atoms with Crippen molar-refractivity contribution in [3.05, 3.63) is 12.0 Å². The Hall–Kier alpha value is -1.23. The highest BCUT2D eigenvalue weighted by Gasteiger charge is 2.35. The van der Waals surface area contributed by atoms with Gasteiger partial charge in [0.1, 0.15) is 6.17 Å². The lowest BCUT2D eigenvalue weighted by Gasteiger charge is -2.41. The van der Waals surface area contributed by atoms with Crippen molar-refractivity contribution in [1.82, 2.24) is 10.2 Å². The number of aliphatic hydroxyl groups excluding tert-OH is 1. The minimum atomic E-state index is -0.248. The number of rotatable bonds is 4. The van der Waals surface area contributed by atoms with Crippen LogP contribution in [0, 0.1) is 0 Å². The second kappa shape index (κ2) is 6.09. The predicted molar refractivity (Wildman–Crippen MR) is 67.8 cm³/mol. The summed E-state index contributed by atoms with van der Waals surface area (Å²) in [6.45, 7) is 0.600. The van der Waals surface area contributed by atoms with Crippen LogP contribution in [0.3, 0.4) is 0 Å². The lowest BCUT2D eigenvalue weighted by Crippen LogP contribution is -2.56. The van der Waals surface area contributed by atoms with Crippen LogP contribution in [-0.2, 0) is 9.53 Å². The van der Waals surface area contributed by atoms with Gasteiger partial charge in [-0.15, -0.1) is 0 Å². The molecule has 1 heterocycles. The number of carbonyl (C=O) groups is 1. The van der Waals surface area contributed by atoms with Crippen molar-refractivity contribution in [3.8, 4) is 0 Å². The molecule has 0 radical (unpaired) electrons. The second-order valence-corrected chi connectivity index (χ2v) is 5.00. The Balaban J connectivity index is 2.09. The molecule has 102 valence electrons. The minimum Gasteiger partial charge on any atom is -0.502 e. The summed E-state index contributed by atoms with van der Waals surface area (Å²) in [5.74, 6) is -0.434. The van der Waals surface area contributed by atoms with Crippen molar-refractivity contribution in [2.24, 2.45) is 0 Å². The molecule has 0 saturated heterocycles. The van der Waals surface area contributed by atoms with E-state index in [1.54, 1.807) is 7.11 Å². The molecule has 1 saturated carbocycles. The van der Waals surface area contributed by atoms with E-state index in [1.807, 2.05) is 4.90 Å². The van der Waals surface area contributed by atoms with Gasteiger partial charge in [-0.25, -0.2) is 0 Å². The van der Waals surface area contributed by atoms with Crippen molar-refractivity contribution < 1.29 is 14.6 Å². The van der Waals surface area contributed by atoms with E-state index in [0.29, 0.717) is 6.61 Å². The Morgan fingerprint density at radius 3 is 2.83 bits per heavy atom. The molecule has 0 aromatic heterocycles. The van der Waals surface area contributed by atoms with Gasteiger partial charge in [-0.1, -0.05) is 19.3 Å². The predicted octanol–water partition coefficient (Wildman–Crippen LogP) is 1.51.